The van der Waals surface area contributed by atoms with E-state index in [-0.39, 0.29) is 10.6 Å². The maximum Gasteiger partial charge on any atom is 0.279 e. The molecule has 168 valence electrons. The van der Waals surface area contributed by atoms with E-state index < -0.39 is 0 Å². The van der Waals surface area contributed by atoms with Crippen LogP contribution in [0.25, 0.3) is 71.3 Å². The van der Waals surface area contributed by atoms with Crippen molar-refractivity contribution in [3.8, 4) is 27.9 Å². The molecule has 1 aliphatic heterocycles. The van der Waals surface area contributed by atoms with Crippen molar-refractivity contribution in [3.63, 3.8) is 0 Å². The van der Waals surface area contributed by atoms with Crippen LogP contribution in [0, 0.1) is 10.1 Å². The molecule has 7 aromatic rings. The minimum Gasteiger partial charge on any atom is -0.307 e. The number of nitrogens with zero attached hydrogens (tertiary/aromatic N) is 2. The number of aromatic nitrogens is 1. The molecule has 0 radical (unpaired) electrons. The third-order valence-electron chi connectivity index (χ3n) is 7.60. The molecule has 0 N–H and O–H groups in total. The first-order chi connectivity index (χ1) is 17.7. The number of hydrogen-bond donors (Lipinski definition) is 0. The van der Waals surface area contributed by atoms with E-state index in [0.29, 0.717) is 5.56 Å². The Balaban J connectivity index is 1.77. The first kappa shape index (κ1) is 19.4. The minimum absolute atomic E-state index is 0.118. The van der Waals surface area contributed by atoms with Gasteiger partial charge >= 0.3 is 0 Å². The Morgan fingerprint density at radius 2 is 1.11 bits per heavy atom. The molecule has 0 saturated carbocycles. The SMILES string of the molecule is O=[N+]([O-])c1cccc2c1-c1ccccc1-c1cccc3c4c5ccccc5c5ccccc5c4n-2c13. The fraction of sp³-hybridized carbons (Fsp3) is 0. The van der Waals surface area contributed by atoms with Gasteiger partial charge in [0.15, 0.2) is 0 Å². The third kappa shape index (κ3) is 2.28. The highest BCUT2D eigenvalue weighted by atomic mass is 16.6. The van der Waals surface area contributed by atoms with Crippen LogP contribution >= 0.6 is 0 Å². The van der Waals surface area contributed by atoms with Gasteiger partial charge in [-0.3, -0.25) is 10.1 Å². The Morgan fingerprint density at radius 3 is 1.89 bits per heavy atom. The number of rotatable bonds is 1. The van der Waals surface area contributed by atoms with Gasteiger partial charge in [-0.05, 0) is 33.4 Å². The van der Waals surface area contributed by atoms with Gasteiger partial charge in [0.05, 0.1) is 27.2 Å². The van der Waals surface area contributed by atoms with Crippen LogP contribution in [0.5, 0.6) is 0 Å². The molecule has 0 aliphatic carbocycles. The summed E-state index contributed by atoms with van der Waals surface area (Å²) in [6.07, 6.45) is 0. The molecule has 8 rings (SSSR count). The largest absolute Gasteiger partial charge is 0.307 e. The van der Waals surface area contributed by atoms with Crippen LogP contribution in [-0.2, 0) is 0 Å². The van der Waals surface area contributed by atoms with E-state index in [1.54, 1.807) is 12.1 Å². The van der Waals surface area contributed by atoms with Crippen LogP contribution in [-0.4, -0.2) is 9.49 Å². The van der Waals surface area contributed by atoms with E-state index in [1.165, 1.54) is 21.5 Å². The Bertz CT molecular complexity index is 2080. The van der Waals surface area contributed by atoms with E-state index in [0.717, 1.165) is 44.2 Å². The minimum atomic E-state index is -0.262. The average Bonchev–Trinajstić information content (AvgIpc) is 3.22. The molecule has 2 heterocycles. The van der Waals surface area contributed by atoms with Crippen molar-refractivity contribution in [2.75, 3.05) is 0 Å². The van der Waals surface area contributed by atoms with Crippen LogP contribution < -0.4 is 0 Å². The zero-order valence-corrected chi connectivity index (χ0v) is 19.1. The quantitative estimate of drug-likeness (QED) is 0.139. The third-order valence-corrected chi connectivity index (χ3v) is 7.60. The van der Waals surface area contributed by atoms with Crippen molar-refractivity contribution in [1.29, 1.82) is 0 Å². The van der Waals surface area contributed by atoms with E-state index in [1.807, 2.05) is 24.3 Å². The zero-order chi connectivity index (χ0) is 24.0. The van der Waals surface area contributed by atoms with Gasteiger partial charge in [-0.25, -0.2) is 0 Å². The monoisotopic (exact) mass is 462 g/mol. The second kappa shape index (κ2) is 6.80. The normalized spacial score (nSPS) is 12.1. The predicted octanol–water partition coefficient (Wildman–Crippen LogP) is 8.65. The fourth-order valence-corrected chi connectivity index (χ4v) is 6.26. The highest BCUT2D eigenvalue weighted by molar-refractivity contribution is 6.33. The van der Waals surface area contributed by atoms with E-state index in [2.05, 4.69) is 77.4 Å². The summed E-state index contributed by atoms with van der Waals surface area (Å²) in [6, 6.07) is 36.9. The molecular weight excluding hydrogens is 444 g/mol. The average molecular weight is 463 g/mol. The number of fused-ring (bicyclic) bond motifs is 13. The highest BCUT2D eigenvalue weighted by Crippen LogP contribution is 2.51. The predicted molar refractivity (Wildman–Crippen MR) is 147 cm³/mol. The van der Waals surface area contributed by atoms with Gasteiger partial charge in [0, 0.05) is 27.8 Å². The molecule has 1 aliphatic rings. The van der Waals surface area contributed by atoms with Gasteiger partial charge < -0.3 is 4.57 Å². The fourth-order valence-electron chi connectivity index (χ4n) is 6.26. The maximum atomic E-state index is 12.3. The summed E-state index contributed by atoms with van der Waals surface area (Å²) in [5.74, 6) is 0. The topological polar surface area (TPSA) is 48.1 Å². The molecule has 0 fully saturated rings. The lowest BCUT2D eigenvalue weighted by atomic mass is 9.92. The van der Waals surface area contributed by atoms with Crippen LogP contribution in [0.4, 0.5) is 5.69 Å². The van der Waals surface area contributed by atoms with E-state index in [4.69, 9.17) is 0 Å². The Morgan fingerprint density at radius 1 is 0.528 bits per heavy atom. The van der Waals surface area contributed by atoms with Gasteiger partial charge in [0.2, 0.25) is 0 Å². The standard InChI is InChI=1S/C32H18N2O2/c35-34(36)28-18-8-17-27-30(28)23-13-5-2-11-21(23)24-15-7-16-26-29-22-12-4-1-9-19(22)20-10-3-6-14-25(20)32(29)33(27)31(24)26/h1-18H. The van der Waals surface area contributed by atoms with Crippen LogP contribution in [0.2, 0.25) is 0 Å². The zero-order valence-electron chi connectivity index (χ0n) is 19.1. The molecule has 0 unspecified atom stereocenters. The lowest BCUT2D eigenvalue weighted by molar-refractivity contribution is -0.384. The van der Waals surface area contributed by atoms with Crippen molar-refractivity contribution in [2.45, 2.75) is 0 Å². The molecule has 0 atom stereocenters. The van der Waals surface area contributed by atoms with Crippen molar-refractivity contribution < 1.29 is 4.92 Å². The molecule has 0 spiro atoms. The Kier molecular flexibility index (Phi) is 3.66. The molecule has 6 aromatic carbocycles. The van der Waals surface area contributed by atoms with Gasteiger partial charge in [0.25, 0.3) is 5.69 Å². The van der Waals surface area contributed by atoms with Gasteiger partial charge in [-0.2, -0.15) is 0 Å². The molecule has 36 heavy (non-hydrogen) atoms. The number of nitro benzene ring substituents is 1. The van der Waals surface area contributed by atoms with Gasteiger partial charge in [-0.1, -0.05) is 97.1 Å². The van der Waals surface area contributed by atoms with Crippen molar-refractivity contribution in [2.24, 2.45) is 0 Å². The second-order valence-corrected chi connectivity index (χ2v) is 9.33. The molecule has 1 aromatic heterocycles. The smallest absolute Gasteiger partial charge is 0.279 e. The number of hydrogen-bond acceptors (Lipinski definition) is 2. The molecule has 0 bridgehead atoms. The molecule has 4 heteroatoms. The first-order valence-corrected chi connectivity index (χ1v) is 12.0. The summed E-state index contributed by atoms with van der Waals surface area (Å²) in [4.78, 5) is 12.0. The highest BCUT2D eigenvalue weighted by Gasteiger charge is 2.30. The molecular formula is C32H18N2O2. The number of nitro groups is 1. The first-order valence-electron chi connectivity index (χ1n) is 12.0. The lowest BCUT2D eigenvalue weighted by Gasteiger charge is -2.15. The van der Waals surface area contributed by atoms with Crippen LogP contribution in [0.15, 0.2) is 109 Å². The second-order valence-electron chi connectivity index (χ2n) is 9.33. The summed E-state index contributed by atoms with van der Waals surface area (Å²) < 4.78 is 2.27. The van der Waals surface area contributed by atoms with Crippen molar-refractivity contribution in [1.82, 2.24) is 4.57 Å². The number of benzene rings is 6. The van der Waals surface area contributed by atoms with Crippen LogP contribution in [0.1, 0.15) is 0 Å². The van der Waals surface area contributed by atoms with E-state index in [9.17, 15) is 10.1 Å². The number of para-hydroxylation sites is 1. The van der Waals surface area contributed by atoms with E-state index >= 15 is 0 Å². The van der Waals surface area contributed by atoms with Gasteiger partial charge in [-0.15, -0.1) is 0 Å². The lowest BCUT2D eigenvalue weighted by Crippen LogP contribution is -2.00. The summed E-state index contributed by atoms with van der Waals surface area (Å²) in [5, 5.41) is 19.3. The van der Waals surface area contributed by atoms with Crippen molar-refractivity contribution in [3.05, 3.63) is 119 Å². The van der Waals surface area contributed by atoms with Crippen LogP contribution in [0.3, 0.4) is 0 Å². The summed E-state index contributed by atoms with van der Waals surface area (Å²) in [5.41, 5.74) is 6.75. The summed E-state index contributed by atoms with van der Waals surface area (Å²) >= 11 is 0. The molecule has 0 saturated heterocycles. The van der Waals surface area contributed by atoms with Crippen molar-refractivity contribution >= 4 is 49.0 Å². The summed E-state index contributed by atoms with van der Waals surface area (Å²) in [7, 11) is 0. The molecule has 0 amide bonds. The molecule has 4 nitrogen and oxygen atoms in total. The Hall–Kier alpha value is -4.96. The Labute approximate surface area is 205 Å². The van der Waals surface area contributed by atoms with Gasteiger partial charge in [0.1, 0.15) is 0 Å². The summed E-state index contributed by atoms with van der Waals surface area (Å²) in [6.45, 7) is 0. The maximum absolute atomic E-state index is 12.3.